The van der Waals surface area contributed by atoms with Crippen LogP contribution in [0.2, 0.25) is 0 Å². The summed E-state index contributed by atoms with van der Waals surface area (Å²) in [5.74, 6) is 5.70. The van der Waals surface area contributed by atoms with E-state index >= 15 is 0 Å². The van der Waals surface area contributed by atoms with Crippen molar-refractivity contribution in [1.29, 1.82) is 0 Å². The van der Waals surface area contributed by atoms with Gasteiger partial charge in [0.05, 0.1) is 22.4 Å². The summed E-state index contributed by atoms with van der Waals surface area (Å²) in [7, 11) is -3.10. The van der Waals surface area contributed by atoms with Crippen LogP contribution < -0.4 is 25.2 Å². The van der Waals surface area contributed by atoms with E-state index in [1.54, 1.807) is 0 Å². The average molecular weight is 883 g/mol. The van der Waals surface area contributed by atoms with E-state index in [1.807, 2.05) is 24.3 Å². The van der Waals surface area contributed by atoms with Gasteiger partial charge in [0.15, 0.2) is 11.5 Å². The van der Waals surface area contributed by atoms with Gasteiger partial charge in [0.25, 0.3) is 0 Å². The highest BCUT2D eigenvalue weighted by atomic mass is 28.3. The molecule has 11 aromatic carbocycles. The molecule has 0 bridgehead atoms. The van der Waals surface area contributed by atoms with Crippen molar-refractivity contribution >= 4 is 84.0 Å². The molecule has 1 aliphatic heterocycles. The van der Waals surface area contributed by atoms with Crippen LogP contribution in [-0.4, -0.2) is 12.6 Å². The van der Waals surface area contributed by atoms with E-state index in [9.17, 15) is 0 Å². The van der Waals surface area contributed by atoms with Gasteiger partial charge < -0.3 is 14.2 Å². The number of fused-ring (bicyclic) bond motifs is 7. The maximum Gasteiger partial charge on any atom is 0.230 e. The third-order valence-corrected chi connectivity index (χ3v) is 17.7. The lowest BCUT2D eigenvalue weighted by Crippen LogP contribution is -2.66. The Morgan fingerprint density at radius 1 is 0.353 bits per heavy atom. The molecular weight excluding hydrogens is 841 g/mol. The molecule has 0 atom stereocenters. The summed E-state index contributed by atoms with van der Waals surface area (Å²) in [6.45, 7) is 0. The number of hydrogen-bond donors (Lipinski definition) is 0. The third-order valence-electron chi connectivity index (χ3n) is 13.7. The Balaban J connectivity index is 1.05. The van der Waals surface area contributed by atoms with Crippen molar-refractivity contribution in [3.63, 3.8) is 0 Å². The molecule has 1 aromatic heterocycles. The van der Waals surface area contributed by atoms with Crippen molar-refractivity contribution < 1.29 is 4.74 Å². The van der Waals surface area contributed by atoms with Crippen LogP contribution in [0.4, 0.5) is 17.1 Å². The molecule has 13 rings (SSSR count). The summed E-state index contributed by atoms with van der Waals surface area (Å²) in [6.07, 6.45) is 0. The van der Waals surface area contributed by atoms with Gasteiger partial charge in [-0.05, 0) is 109 Å². The minimum Gasteiger partial charge on any atom is -0.453 e. The van der Waals surface area contributed by atoms with Gasteiger partial charge in [-0.25, -0.2) is 0 Å². The molecular formula is C64H42N2OSi. The summed E-state index contributed by atoms with van der Waals surface area (Å²) >= 11 is 0. The first-order valence-electron chi connectivity index (χ1n) is 23.2. The second-order valence-corrected chi connectivity index (χ2v) is 20.9. The predicted molar refractivity (Wildman–Crippen MR) is 287 cm³/mol. The molecule has 68 heavy (non-hydrogen) atoms. The van der Waals surface area contributed by atoms with E-state index in [0.29, 0.717) is 0 Å². The maximum absolute atomic E-state index is 6.40. The van der Waals surface area contributed by atoms with Crippen LogP contribution in [0.1, 0.15) is 5.56 Å². The normalized spacial score (nSPS) is 12.1. The van der Waals surface area contributed by atoms with Gasteiger partial charge in [-0.15, -0.1) is 5.54 Å². The zero-order valence-electron chi connectivity index (χ0n) is 37.1. The zero-order chi connectivity index (χ0) is 45.0. The smallest absolute Gasteiger partial charge is 0.230 e. The molecule has 0 N–H and O–H groups in total. The highest BCUT2D eigenvalue weighted by Crippen LogP contribution is 2.51. The van der Waals surface area contributed by atoms with Gasteiger partial charge >= 0.3 is 0 Å². The Morgan fingerprint density at radius 3 is 1.49 bits per heavy atom. The number of ether oxygens (including phenoxy) is 1. The van der Waals surface area contributed by atoms with Crippen molar-refractivity contribution in [2.24, 2.45) is 0 Å². The molecule has 318 valence electrons. The Morgan fingerprint density at radius 2 is 0.853 bits per heavy atom. The zero-order valence-corrected chi connectivity index (χ0v) is 38.1. The molecule has 0 spiro atoms. The molecule has 0 fully saturated rings. The van der Waals surface area contributed by atoms with Gasteiger partial charge in [0.1, 0.15) is 0 Å². The van der Waals surface area contributed by atoms with Crippen molar-refractivity contribution in [2.75, 3.05) is 4.90 Å². The number of benzene rings is 11. The highest BCUT2D eigenvalue weighted by molar-refractivity contribution is 7.17. The van der Waals surface area contributed by atoms with Crippen molar-refractivity contribution in [3.8, 4) is 39.8 Å². The Kier molecular flexibility index (Phi) is 9.42. The quantitative estimate of drug-likeness (QED) is 0.0716. The molecule has 0 aliphatic carbocycles. The second-order valence-electron chi connectivity index (χ2n) is 17.4. The lowest BCUT2D eigenvalue weighted by atomic mass is 9.88. The van der Waals surface area contributed by atoms with Crippen LogP contribution in [0.3, 0.4) is 0 Å². The van der Waals surface area contributed by atoms with Crippen LogP contribution in [0.5, 0.6) is 11.5 Å². The monoisotopic (exact) mass is 882 g/mol. The minimum absolute atomic E-state index is 0.833. The molecule has 2 heterocycles. The Bertz CT molecular complexity index is 3820. The molecule has 0 unspecified atom stereocenters. The molecule has 1 aliphatic rings. The number of aromatic nitrogens is 1. The summed E-state index contributed by atoms with van der Waals surface area (Å²) in [4.78, 5) is 2.32. The fraction of sp³-hybridized carbons (Fsp3) is 0. The van der Waals surface area contributed by atoms with Crippen LogP contribution in [0.25, 0.3) is 60.2 Å². The van der Waals surface area contributed by atoms with Gasteiger partial charge in [0, 0.05) is 27.7 Å². The van der Waals surface area contributed by atoms with Crippen molar-refractivity contribution in [3.05, 3.63) is 260 Å². The van der Waals surface area contributed by atoms with Gasteiger partial charge in [-0.1, -0.05) is 200 Å². The Labute approximate surface area is 396 Å². The fourth-order valence-corrected chi connectivity index (χ4v) is 14.5. The molecule has 3 nitrogen and oxygen atoms in total. The van der Waals surface area contributed by atoms with Gasteiger partial charge in [-0.3, -0.25) is 0 Å². The number of rotatable bonds is 6. The minimum atomic E-state index is -3.10. The second kappa shape index (κ2) is 16.2. The number of anilines is 3. The Hall–Kier alpha value is -8.88. The summed E-state index contributed by atoms with van der Waals surface area (Å²) in [6, 6.07) is 91.9. The maximum atomic E-state index is 6.40. The standard InChI is InChI=1S/C64H42N2OSi/c1-4-22-46(23-5-1)65-58-34-15-14-31-54(58)57-44-50(39-40-59(57)65)68(48-25-6-2-7-26-48,49-27-8-3-9-28-49)42-41-53-51-29-10-12-32-55(51)64(56-33-13-11-30-52(53)56)45-21-20-24-47(43-45)66-60-35-16-18-37-62(60)67-63-38-19-17-36-61(63)66/h1-40,43-44H. The number of hydrogen-bond acceptors (Lipinski definition) is 2. The topological polar surface area (TPSA) is 17.4 Å². The fourth-order valence-electron chi connectivity index (χ4n) is 10.7. The van der Waals surface area contributed by atoms with Gasteiger partial charge in [0.2, 0.25) is 8.07 Å². The van der Waals surface area contributed by atoms with E-state index in [1.165, 1.54) is 42.9 Å². The first-order chi connectivity index (χ1) is 33.7. The van der Waals surface area contributed by atoms with Crippen LogP contribution >= 0.6 is 0 Å². The predicted octanol–water partition coefficient (Wildman–Crippen LogP) is 14.4. The molecule has 12 aromatic rings. The van der Waals surface area contributed by atoms with E-state index in [2.05, 4.69) is 251 Å². The van der Waals surface area contributed by atoms with E-state index in [4.69, 9.17) is 4.74 Å². The van der Waals surface area contributed by atoms with Crippen LogP contribution in [0, 0.1) is 11.5 Å². The van der Waals surface area contributed by atoms with Crippen LogP contribution in [0.15, 0.2) is 255 Å². The first kappa shape index (κ1) is 39.5. The SMILES string of the molecule is C(#C[Si](c1ccccc1)(c1ccccc1)c1ccc2c(c1)c1ccccc1n2-c1ccccc1)c1c2ccccc2c(-c2cccc(N3c4ccccc4Oc4ccccc43)c2)c2ccccc12. The number of nitrogens with zero attached hydrogens (tertiary/aromatic N) is 2. The van der Waals surface area contributed by atoms with E-state index in [-0.39, 0.29) is 0 Å². The van der Waals surface area contributed by atoms with Crippen molar-refractivity contribution in [2.45, 2.75) is 0 Å². The molecule has 4 heteroatoms. The van der Waals surface area contributed by atoms with Crippen molar-refractivity contribution in [1.82, 2.24) is 4.57 Å². The molecule has 0 radical (unpaired) electrons. The van der Waals surface area contributed by atoms with E-state index < -0.39 is 8.07 Å². The van der Waals surface area contributed by atoms with Gasteiger partial charge in [-0.2, -0.15) is 0 Å². The van der Waals surface area contributed by atoms with E-state index in [0.717, 1.165) is 66.9 Å². The molecule has 0 amide bonds. The first-order valence-corrected chi connectivity index (χ1v) is 25.2. The van der Waals surface area contributed by atoms with Crippen LogP contribution in [-0.2, 0) is 0 Å². The largest absolute Gasteiger partial charge is 0.453 e. The summed E-state index contributed by atoms with van der Waals surface area (Å²) < 4.78 is 8.80. The lowest BCUT2D eigenvalue weighted by molar-refractivity contribution is 0.477. The lowest BCUT2D eigenvalue weighted by Gasteiger charge is -2.33. The molecule has 0 saturated carbocycles. The highest BCUT2D eigenvalue weighted by Gasteiger charge is 2.39. The average Bonchev–Trinajstić information content (AvgIpc) is 3.74. The third kappa shape index (κ3) is 6.29. The summed E-state index contributed by atoms with van der Waals surface area (Å²) in [5, 5.41) is 10.8. The summed E-state index contributed by atoms with van der Waals surface area (Å²) in [5.41, 5.74) is 14.2. The number of para-hydroxylation sites is 6. The molecule has 0 saturated heterocycles.